The lowest BCUT2D eigenvalue weighted by atomic mass is 9.76. The highest BCUT2D eigenvalue weighted by Crippen LogP contribution is 2.35. The van der Waals surface area contributed by atoms with Gasteiger partial charge in [0.05, 0.1) is 0 Å². The third kappa shape index (κ3) is 3.06. The molecule has 1 aliphatic rings. The van der Waals surface area contributed by atoms with Crippen LogP contribution in [0, 0.1) is 5.41 Å². The van der Waals surface area contributed by atoms with Crippen LogP contribution in [0.3, 0.4) is 0 Å². The van der Waals surface area contributed by atoms with Crippen LogP contribution in [-0.4, -0.2) is 10.4 Å². The van der Waals surface area contributed by atoms with Crippen LogP contribution in [0.1, 0.15) is 41.9 Å². The highest BCUT2D eigenvalue weighted by atomic mass is 35.5. The normalized spacial score (nSPS) is 16.8. The molecule has 0 N–H and O–H groups in total. The predicted molar refractivity (Wildman–Crippen MR) is 86.0 cm³/mol. The Hall–Kier alpha value is -1.54. The first-order chi connectivity index (χ1) is 9.94. The minimum Gasteiger partial charge on any atom is -0.350 e. The molecule has 1 aliphatic carbocycles. The maximum absolute atomic E-state index is 12.2. The van der Waals surface area contributed by atoms with Crippen molar-refractivity contribution in [1.29, 1.82) is 0 Å². The van der Waals surface area contributed by atoms with Crippen molar-refractivity contribution in [3.8, 4) is 0 Å². The summed E-state index contributed by atoms with van der Waals surface area (Å²) in [7, 11) is 0. The maximum Gasteiger partial charge on any atom is 0.165 e. The summed E-state index contributed by atoms with van der Waals surface area (Å²) in [6, 6.07) is 9.96. The van der Waals surface area contributed by atoms with E-state index in [0.717, 1.165) is 30.0 Å². The first-order valence-corrected chi connectivity index (χ1v) is 7.78. The number of halogens is 1. The van der Waals surface area contributed by atoms with E-state index in [2.05, 4.69) is 36.7 Å². The molecule has 1 aromatic carbocycles. The van der Waals surface area contributed by atoms with E-state index in [1.165, 1.54) is 11.3 Å². The highest BCUT2D eigenvalue weighted by molar-refractivity contribution is 6.30. The van der Waals surface area contributed by atoms with E-state index in [9.17, 15) is 4.79 Å². The SMILES string of the molecule is CC1(C)CC(=O)c2ccn(CCc3ccc(Cl)cc3)c2C1. The van der Waals surface area contributed by atoms with Gasteiger partial charge in [0.2, 0.25) is 0 Å². The number of fused-ring (bicyclic) bond motifs is 1. The van der Waals surface area contributed by atoms with Crippen molar-refractivity contribution in [1.82, 2.24) is 4.57 Å². The quantitative estimate of drug-likeness (QED) is 0.816. The van der Waals surface area contributed by atoms with Crippen molar-refractivity contribution in [3.63, 3.8) is 0 Å². The topological polar surface area (TPSA) is 22.0 Å². The van der Waals surface area contributed by atoms with E-state index >= 15 is 0 Å². The monoisotopic (exact) mass is 301 g/mol. The Morgan fingerprint density at radius 3 is 2.57 bits per heavy atom. The molecule has 0 saturated heterocycles. The number of benzene rings is 1. The molecule has 3 heteroatoms. The molecule has 0 bridgehead atoms. The number of aromatic nitrogens is 1. The van der Waals surface area contributed by atoms with E-state index in [0.29, 0.717) is 6.42 Å². The fourth-order valence-electron chi connectivity index (χ4n) is 3.11. The lowest BCUT2D eigenvalue weighted by Gasteiger charge is -2.29. The van der Waals surface area contributed by atoms with Crippen LogP contribution in [-0.2, 0) is 19.4 Å². The second-order valence-corrected chi connectivity index (χ2v) is 7.12. The largest absolute Gasteiger partial charge is 0.350 e. The van der Waals surface area contributed by atoms with Gasteiger partial charge in [0.15, 0.2) is 5.78 Å². The van der Waals surface area contributed by atoms with Crippen molar-refractivity contribution < 1.29 is 4.79 Å². The number of carbonyl (C=O) groups is 1. The van der Waals surface area contributed by atoms with Crippen LogP contribution in [0.4, 0.5) is 0 Å². The molecule has 0 amide bonds. The molecular formula is C18H20ClNO. The minimum absolute atomic E-state index is 0.0699. The van der Waals surface area contributed by atoms with Gasteiger partial charge in [0.1, 0.15) is 0 Å². The fourth-order valence-corrected chi connectivity index (χ4v) is 3.24. The molecule has 0 fully saturated rings. The van der Waals surface area contributed by atoms with Crippen LogP contribution in [0.2, 0.25) is 5.02 Å². The summed E-state index contributed by atoms with van der Waals surface area (Å²) >= 11 is 5.91. The smallest absolute Gasteiger partial charge is 0.165 e. The molecule has 0 spiro atoms. The third-order valence-corrected chi connectivity index (χ3v) is 4.47. The first-order valence-electron chi connectivity index (χ1n) is 7.40. The van der Waals surface area contributed by atoms with Gasteiger partial charge in [-0.25, -0.2) is 0 Å². The number of aryl methyl sites for hydroxylation is 2. The lowest BCUT2D eigenvalue weighted by molar-refractivity contribution is 0.0910. The van der Waals surface area contributed by atoms with Gasteiger partial charge in [-0.3, -0.25) is 4.79 Å². The second-order valence-electron chi connectivity index (χ2n) is 6.69. The molecule has 0 aliphatic heterocycles. The van der Waals surface area contributed by atoms with Crippen LogP contribution >= 0.6 is 11.6 Å². The van der Waals surface area contributed by atoms with Gasteiger partial charge in [0.25, 0.3) is 0 Å². The summed E-state index contributed by atoms with van der Waals surface area (Å²) in [4.78, 5) is 12.2. The average Bonchev–Trinajstić information content (AvgIpc) is 2.80. The van der Waals surface area contributed by atoms with E-state index in [1.54, 1.807) is 0 Å². The van der Waals surface area contributed by atoms with Crippen molar-refractivity contribution in [3.05, 3.63) is 58.4 Å². The molecule has 0 saturated carbocycles. The Morgan fingerprint density at radius 2 is 1.86 bits per heavy atom. The predicted octanol–water partition coefficient (Wildman–Crippen LogP) is 4.54. The summed E-state index contributed by atoms with van der Waals surface area (Å²) in [5.74, 6) is 0.284. The zero-order valence-corrected chi connectivity index (χ0v) is 13.3. The standard InChI is InChI=1S/C18H20ClNO/c1-18(2)11-16-15(17(21)12-18)8-10-20(16)9-7-13-3-5-14(19)6-4-13/h3-6,8,10H,7,9,11-12H2,1-2H3. The summed E-state index contributed by atoms with van der Waals surface area (Å²) in [5, 5.41) is 0.768. The van der Waals surface area contributed by atoms with Crippen LogP contribution < -0.4 is 0 Å². The zero-order chi connectivity index (χ0) is 15.0. The van der Waals surface area contributed by atoms with Crippen LogP contribution in [0.5, 0.6) is 0 Å². The maximum atomic E-state index is 12.2. The van der Waals surface area contributed by atoms with Crippen molar-refractivity contribution in [2.45, 2.75) is 39.7 Å². The molecule has 110 valence electrons. The van der Waals surface area contributed by atoms with Gasteiger partial charge in [-0.15, -0.1) is 0 Å². The number of hydrogen-bond donors (Lipinski definition) is 0. The Morgan fingerprint density at radius 1 is 1.14 bits per heavy atom. The molecule has 0 unspecified atom stereocenters. The molecule has 21 heavy (non-hydrogen) atoms. The van der Waals surface area contributed by atoms with Crippen molar-refractivity contribution >= 4 is 17.4 Å². The Balaban J connectivity index is 1.78. The first kappa shape index (κ1) is 14.4. The Labute approximate surface area is 130 Å². The highest BCUT2D eigenvalue weighted by Gasteiger charge is 2.32. The number of rotatable bonds is 3. The molecule has 0 atom stereocenters. The van der Waals surface area contributed by atoms with Gasteiger partial charge in [0, 0.05) is 35.4 Å². The van der Waals surface area contributed by atoms with Crippen molar-refractivity contribution in [2.75, 3.05) is 0 Å². The number of hydrogen-bond acceptors (Lipinski definition) is 1. The van der Waals surface area contributed by atoms with E-state index in [-0.39, 0.29) is 11.2 Å². The summed E-state index contributed by atoms with van der Waals surface area (Å²) in [6.45, 7) is 5.25. The van der Waals surface area contributed by atoms with E-state index in [4.69, 9.17) is 11.6 Å². The summed E-state index contributed by atoms with van der Waals surface area (Å²) < 4.78 is 2.24. The van der Waals surface area contributed by atoms with Crippen molar-refractivity contribution in [2.24, 2.45) is 5.41 Å². The Bertz CT molecular complexity index is 667. The summed E-state index contributed by atoms with van der Waals surface area (Å²) in [5.41, 5.74) is 3.46. The summed E-state index contributed by atoms with van der Waals surface area (Å²) in [6.07, 6.45) is 4.63. The number of ketones is 1. The number of Topliss-reactive ketones (excluding diaryl/α,β-unsaturated/α-hetero) is 1. The molecule has 2 nitrogen and oxygen atoms in total. The van der Waals surface area contributed by atoms with Gasteiger partial charge in [-0.1, -0.05) is 37.6 Å². The van der Waals surface area contributed by atoms with Gasteiger partial charge < -0.3 is 4.57 Å². The minimum atomic E-state index is 0.0699. The molecule has 0 radical (unpaired) electrons. The van der Waals surface area contributed by atoms with E-state index < -0.39 is 0 Å². The van der Waals surface area contributed by atoms with Crippen LogP contribution in [0.25, 0.3) is 0 Å². The number of nitrogens with zero attached hydrogens (tertiary/aromatic N) is 1. The molecule has 1 heterocycles. The van der Waals surface area contributed by atoms with E-state index in [1.807, 2.05) is 18.2 Å². The van der Waals surface area contributed by atoms with Gasteiger partial charge >= 0.3 is 0 Å². The number of carbonyl (C=O) groups excluding carboxylic acids is 1. The lowest BCUT2D eigenvalue weighted by Crippen LogP contribution is -2.28. The molecule has 3 rings (SSSR count). The third-order valence-electron chi connectivity index (χ3n) is 4.22. The Kier molecular flexibility index (Phi) is 3.66. The zero-order valence-electron chi connectivity index (χ0n) is 12.5. The molecule has 1 aromatic heterocycles. The molecule has 2 aromatic rings. The average molecular weight is 302 g/mol. The van der Waals surface area contributed by atoms with Crippen LogP contribution in [0.15, 0.2) is 36.5 Å². The van der Waals surface area contributed by atoms with Gasteiger partial charge in [-0.2, -0.15) is 0 Å². The molecular weight excluding hydrogens is 282 g/mol. The van der Waals surface area contributed by atoms with Gasteiger partial charge in [-0.05, 0) is 42.0 Å². The second kappa shape index (κ2) is 5.34. The fraction of sp³-hybridized carbons (Fsp3) is 0.389.